The molecule has 0 aliphatic carbocycles. The highest BCUT2D eigenvalue weighted by atomic mass is 32.2. The second-order valence-electron chi connectivity index (χ2n) is 8.33. The average Bonchev–Trinajstić information content (AvgIpc) is 2.84. The number of hydrogen-bond acceptors (Lipinski definition) is 6. The summed E-state index contributed by atoms with van der Waals surface area (Å²) >= 11 is 0. The number of benzene rings is 2. The Morgan fingerprint density at radius 2 is 1.91 bits per heavy atom. The van der Waals surface area contributed by atoms with E-state index < -0.39 is 20.7 Å². The number of nitrogens with one attached hydrogen (secondary N) is 1. The minimum Gasteiger partial charge on any atom is -0.493 e. The number of anilines is 1. The fourth-order valence-corrected chi connectivity index (χ4v) is 5.91. The Hall–Kier alpha value is -3.04. The minimum absolute atomic E-state index is 0.0414. The molecule has 1 saturated heterocycles. The molecule has 172 valence electrons. The molecule has 9 heteroatoms. The lowest BCUT2D eigenvalue weighted by Gasteiger charge is -2.43. The lowest BCUT2D eigenvalue weighted by molar-refractivity contribution is 0.0665. The third-order valence-corrected chi connectivity index (χ3v) is 7.68. The predicted molar refractivity (Wildman–Crippen MR) is 122 cm³/mol. The van der Waals surface area contributed by atoms with Crippen molar-refractivity contribution in [2.24, 2.45) is 0 Å². The molecule has 2 aliphatic heterocycles. The summed E-state index contributed by atoms with van der Waals surface area (Å²) in [6, 6.07) is 14.6. The summed E-state index contributed by atoms with van der Waals surface area (Å²) in [5.74, 6) is -0.327. The first-order chi connectivity index (χ1) is 16.0. The molecule has 3 heterocycles. The van der Waals surface area contributed by atoms with Crippen molar-refractivity contribution in [1.82, 2.24) is 14.9 Å². The Morgan fingerprint density at radius 3 is 2.70 bits per heavy atom. The Balaban J connectivity index is 1.48. The summed E-state index contributed by atoms with van der Waals surface area (Å²) in [4.78, 5) is 9.58. The minimum atomic E-state index is -4.18. The van der Waals surface area contributed by atoms with Gasteiger partial charge in [-0.05, 0) is 37.1 Å². The first-order valence-corrected chi connectivity index (χ1v) is 12.6. The molecular weight excluding hydrogens is 443 g/mol. The van der Waals surface area contributed by atoms with E-state index in [9.17, 15) is 8.42 Å². The van der Waals surface area contributed by atoms with Gasteiger partial charge in [-0.15, -0.1) is 0 Å². The van der Waals surface area contributed by atoms with Crippen LogP contribution in [0.15, 0.2) is 66.0 Å². The number of nitrogens with zero attached hydrogens (tertiary/aromatic N) is 3. The Kier molecular flexibility index (Phi) is 5.99. The van der Waals surface area contributed by atoms with Gasteiger partial charge in [0.15, 0.2) is 0 Å². The van der Waals surface area contributed by atoms with Gasteiger partial charge in [-0.1, -0.05) is 36.8 Å². The molecule has 1 aromatic heterocycles. The second-order valence-corrected chi connectivity index (χ2v) is 9.98. The summed E-state index contributed by atoms with van der Waals surface area (Å²) in [6.45, 7) is 1.35. The zero-order valence-electron chi connectivity index (χ0n) is 18.0. The van der Waals surface area contributed by atoms with Gasteiger partial charge in [0.1, 0.15) is 28.6 Å². The number of ether oxygens (including phenoxy) is 1. The van der Waals surface area contributed by atoms with Crippen LogP contribution in [0.25, 0.3) is 0 Å². The van der Waals surface area contributed by atoms with E-state index in [-0.39, 0.29) is 17.9 Å². The van der Waals surface area contributed by atoms with Crippen LogP contribution in [0.5, 0.6) is 5.75 Å². The second kappa shape index (κ2) is 9.07. The molecule has 0 spiro atoms. The third-order valence-electron chi connectivity index (χ3n) is 6.31. The lowest BCUT2D eigenvalue weighted by Crippen LogP contribution is -2.39. The molecular formula is C24H25FN4O3S. The van der Waals surface area contributed by atoms with E-state index in [1.807, 2.05) is 18.2 Å². The van der Waals surface area contributed by atoms with Crippen molar-refractivity contribution in [3.63, 3.8) is 0 Å². The maximum atomic E-state index is 15.2. The number of rotatable bonds is 5. The van der Waals surface area contributed by atoms with E-state index in [0.717, 1.165) is 32.2 Å². The predicted octanol–water partition coefficient (Wildman–Crippen LogP) is 4.47. The maximum absolute atomic E-state index is 15.2. The van der Waals surface area contributed by atoms with Gasteiger partial charge in [0.2, 0.25) is 0 Å². The van der Waals surface area contributed by atoms with Crippen LogP contribution in [0.1, 0.15) is 48.9 Å². The Morgan fingerprint density at radius 1 is 1.06 bits per heavy atom. The van der Waals surface area contributed by atoms with Gasteiger partial charge >= 0.3 is 0 Å². The lowest BCUT2D eigenvalue weighted by atomic mass is 9.89. The largest absolute Gasteiger partial charge is 0.493 e. The molecule has 5 rings (SSSR count). The molecule has 33 heavy (non-hydrogen) atoms. The SMILES string of the molecule is O=S(=O)(Nc1ccncn1)c1cc2c(cc1F)[C@@H](N1CCCC[C@H]1c1ccccc1)CCO2. The molecule has 0 bridgehead atoms. The number of likely N-dealkylation sites (tertiary alicyclic amines) is 1. The van der Waals surface area contributed by atoms with Crippen LogP contribution in [-0.4, -0.2) is 36.4 Å². The van der Waals surface area contributed by atoms with Crippen molar-refractivity contribution in [1.29, 1.82) is 0 Å². The number of sulfonamides is 1. The standard InChI is InChI=1S/C24H25FN4O3S/c25-19-14-18-21(29-12-5-4-8-20(29)17-6-2-1-3-7-17)10-13-32-22(18)15-23(19)33(30,31)28-24-9-11-26-16-27-24/h1-3,6-7,9,11,14-16,20-21H,4-5,8,10,12-13H2,(H,26,27,28)/t20-,21-/m0/s1. The number of hydrogen-bond donors (Lipinski definition) is 1. The molecule has 3 aromatic rings. The van der Waals surface area contributed by atoms with Crippen LogP contribution >= 0.6 is 0 Å². The maximum Gasteiger partial charge on any atom is 0.266 e. The number of fused-ring (bicyclic) bond motifs is 1. The summed E-state index contributed by atoms with van der Waals surface area (Å²) in [5.41, 5.74) is 1.95. The third kappa shape index (κ3) is 4.43. The molecule has 1 N–H and O–H groups in total. The van der Waals surface area contributed by atoms with Crippen molar-refractivity contribution in [3.05, 3.63) is 78.0 Å². The van der Waals surface area contributed by atoms with Crippen molar-refractivity contribution in [2.45, 2.75) is 42.7 Å². The molecule has 2 aliphatic rings. The summed E-state index contributed by atoms with van der Waals surface area (Å²) in [7, 11) is -4.18. The summed E-state index contributed by atoms with van der Waals surface area (Å²) in [6.07, 6.45) is 6.61. The Labute approximate surface area is 192 Å². The Bertz CT molecular complexity index is 1230. The fraction of sp³-hybridized carbons (Fsp3) is 0.333. The monoisotopic (exact) mass is 468 g/mol. The van der Waals surface area contributed by atoms with Gasteiger partial charge in [0, 0.05) is 36.3 Å². The molecule has 0 radical (unpaired) electrons. The van der Waals surface area contributed by atoms with E-state index >= 15 is 4.39 Å². The van der Waals surface area contributed by atoms with E-state index in [0.29, 0.717) is 17.9 Å². The van der Waals surface area contributed by atoms with Gasteiger partial charge in [-0.3, -0.25) is 9.62 Å². The smallest absolute Gasteiger partial charge is 0.266 e. The van der Waals surface area contributed by atoms with Crippen LogP contribution in [0.4, 0.5) is 10.2 Å². The van der Waals surface area contributed by atoms with Gasteiger partial charge < -0.3 is 4.74 Å². The average molecular weight is 469 g/mol. The quantitative estimate of drug-likeness (QED) is 0.595. The van der Waals surface area contributed by atoms with Gasteiger partial charge in [-0.2, -0.15) is 0 Å². The highest BCUT2D eigenvalue weighted by Gasteiger charge is 2.35. The van der Waals surface area contributed by atoms with E-state index in [4.69, 9.17) is 4.74 Å². The molecule has 0 unspecified atom stereocenters. The molecule has 2 atom stereocenters. The topological polar surface area (TPSA) is 84.4 Å². The molecule has 1 fully saturated rings. The van der Waals surface area contributed by atoms with E-state index in [1.165, 1.54) is 36.3 Å². The first kappa shape index (κ1) is 21.8. The molecule has 2 aromatic carbocycles. The van der Waals surface area contributed by atoms with Crippen LogP contribution in [0.3, 0.4) is 0 Å². The van der Waals surface area contributed by atoms with Crippen molar-refractivity contribution in [2.75, 3.05) is 17.9 Å². The van der Waals surface area contributed by atoms with Crippen molar-refractivity contribution >= 4 is 15.8 Å². The van der Waals surface area contributed by atoms with E-state index in [1.54, 1.807) is 0 Å². The van der Waals surface area contributed by atoms with Crippen molar-refractivity contribution < 1.29 is 17.5 Å². The van der Waals surface area contributed by atoms with Gasteiger partial charge in [0.05, 0.1) is 6.61 Å². The van der Waals surface area contributed by atoms with Crippen LogP contribution < -0.4 is 9.46 Å². The fourth-order valence-electron chi connectivity index (χ4n) is 4.83. The summed E-state index contributed by atoms with van der Waals surface area (Å²) < 4.78 is 49.0. The number of aromatic nitrogens is 2. The van der Waals surface area contributed by atoms with Crippen LogP contribution in [0, 0.1) is 5.82 Å². The molecule has 7 nitrogen and oxygen atoms in total. The highest BCUT2D eigenvalue weighted by molar-refractivity contribution is 7.92. The normalized spacial score (nSPS) is 21.1. The van der Waals surface area contributed by atoms with Gasteiger partial charge in [-0.25, -0.2) is 22.8 Å². The summed E-state index contributed by atoms with van der Waals surface area (Å²) in [5, 5.41) is 0. The zero-order valence-corrected chi connectivity index (χ0v) is 18.8. The van der Waals surface area contributed by atoms with Crippen molar-refractivity contribution in [3.8, 4) is 5.75 Å². The molecule has 0 amide bonds. The highest BCUT2D eigenvalue weighted by Crippen LogP contribution is 2.44. The van der Waals surface area contributed by atoms with E-state index in [2.05, 4.69) is 31.7 Å². The molecule has 0 saturated carbocycles. The van der Waals surface area contributed by atoms with Gasteiger partial charge in [0.25, 0.3) is 10.0 Å². The first-order valence-electron chi connectivity index (χ1n) is 11.1. The van der Waals surface area contributed by atoms with Crippen LogP contribution in [0.2, 0.25) is 0 Å². The number of piperidine rings is 1. The van der Waals surface area contributed by atoms with Crippen LogP contribution in [-0.2, 0) is 10.0 Å². The zero-order chi connectivity index (χ0) is 22.8. The number of halogens is 1.